The Balaban J connectivity index is 2.06. The molecule has 226 valence electrons. The second-order valence-electron chi connectivity index (χ2n) is 9.78. The molecule has 11 heteroatoms. The Labute approximate surface area is 247 Å². The third-order valence-corrected chi connectivity index (χ3v) is 8.70. The van der Waals surface area contributed by atoms with E-state index in [9.17, 15) is 22.4 Å². The molecule has 0 unspecified atom stereocenters. The summed E-state index contributed by atoms with van der Waals surface area (Å²) in [6.45, 7) is 5.00. The van der Waals surface area contributed by atoms with Crippen LogP contribution in [0.15, 0.2) is 77.7 Å². The van der Waals surface area contributed by atoms with Crippen molar-refractivity contribution in [2.45, 2.75) is 57.1 Å². The molecule has 1 N–H and O–H groups in total. The summed E-state index contributed by atoms with van der Waals surface area (Å²) in [6.07, 6.45) is 0.990. The molecular weight excluding hydrogens is 561 g/mol. The number of halogens is 1. The number of methoxy groups -OCH3 is 2. The summed E-state index contributed by atoms with van der Waals surface area (Å²) < 4.78 is 53.0. The Bertz CT molecular complexity index is 1450. The van der Waals surface area contributed by atoms with Gasteiger partial charge in [0.25, 0.3) is 10.0 Å². The fraction of sp³-hybridized carbons (Fsp3) is 0.355. The van der Waals surface area contributed by atoms with E-state index in [1.54, 1.807) is 31.2 Å². The number of rotatable bonds is 14. The topological polar surface area (TPSA) is 105 Å². The van der Waals surface area contributed by atoms with Gasteiger partial charge in [-0.15, -0.1) is 0 Å². The minimum Gasteiger partial charge on any atom is -0.497 e. The SMILES string of the molecule is CC[C@H](C(=O)N[C@@H](C)CC)N(Cc1cccc(OC)c1)C(=O)CN(c1ccc(F)cc1)S(=O)(=O)c1ccc(OC)cc1. The van der Waals surface area contributed by atoms with Crippen molar-refractivity contribution in [1.29, 1.82) is 0 Å². The zero-order valence-corrected chi connectivity index (χ0v) is 25.4. The van der Waals surface area contributed by atoms with Gasteiger partial charge >= 0.3 is 0 Å². The molecule has 0 aliphatic heterocycles. The van der Waals surface area contributed by atoms with Gasteiger partial charge in [-0.1, -0.05) is 26.0 Å². The Morgan fingerprint density at radius 3 is 2.12 bits per heavy atom. The van der Waals surface area contributed by atoms with Crippen LogP contribution in [0.5, 0.6) is 11.5 Å². The van der Waals surface area contributed by atoms with Crippen LogP contribution in [-0.4, -0.2) is 58.0 Å². The number of carbonyl (C=O) groups is 2. The van der Waals surface area contributed by atoms with E-state index >= 15 is 0 Å². The van der Waals surface area contributed by atoms with Crippen molar-refractivity contribution in [2.24, 2.45) is 0 Å². The summed E-state index contributed by atoms with van der Waals surface area (Å²) in [6, 6.07) is 16.7. The number of hydrogen-bond acceptors (Lipinski definition) is 6. The molecule has 0 saturated carbocycles. The number of nitrogens with zero attached hydrogens (tertiary/aromatic N) is 2. The lowest BCUT2D eigenvalue weighted by molar-refractivity contribution is -0.140. The average molecular weight is 600 g/mol. The largest absolute Gasteiger partial charge is 0.497 e. The number of sulfonamides is 1. The van der Waals surface area contributed by atoms with Gasteiger partial charge in [0.2, 0.25) is 11.8 Å². The second-order valence-corrected chi connectivity index (χ2v) is 11.6. The van der Waals surface area contributed by atoms with Gasteiger partial charge in [0.15, 0.2) is 0 Å². The van der Waals surface area contributed by atoms with Gasteiger partial charge in [0.1, 0.15) is 29.9 Å². The first-order valence-corrected chi connectivity index (χ1v) is 15.1. The predicted octanol–water partition coefficient (Wildman–Crippen LogP) is 4.76. The molecule has 0 aromatic heterocycles. The lowest BCUT2D eigenvalue weighted by atomic mass is 10.1. The maximum atomic E-state index is 14.1. The standard InChI is InChI=1S/C31H38FN3O6S/c1-6-22(3)33-31(37)29(7-2)34(20-23-9-8-10-27(19-23)41-5)30(36)21-35(25-13-11-24(32)12-14-25)42(38,39)28-17-15-26(40-4)16-18-28/h8-19,22,29H,6-7,20-21H2,1-5H3,(H,33,37)/t22-,29+/m0/s1. The van der Waals surface area contributed by atoms with Gasteiger partial charge in [0, 0.05) is 12.6 Å². The molecule has 0 heterocycles. The van der Waals surface area contributed by atoms with Gasteiger partial charge in [-0.25, -0.2) is 12.8 Å². The molecule has 0 aliphatic rings. The van der Waals surface area contributed by atoms with Gasteiger partial charge in [-0.3, -0.25) is 13.9 Å². The number of ether oxygens (including phenoxy) is 2. The number of amides is 2. The fourth-order valence-corrected chi connectivity index (χ4v) is 5.75. The highest BCUT2D eigenvalue weighted by Crippen LogP contribution is 2.27. The summed E-state index contributed by atoms with van der Waals surface area (Å²) in [5.74, 6) is -0.466. The molecule has 0 spiro atoms. The molecule has 9 nitrogen and oxygen atoms in total. The predicted molar refractivity (Wildman–Crippen MR) is 159 cm³/mol. The fourth-order valence-electron chi connectivity index (χ4n) is 4.34. The van der Waals surface area contributed by atoms with Crippen LogP contribution in [0.3, 0.4) is 0 Å². The molecule has 42 heavy (non-hydrogen) atoms. The second kappa shape index (κ2) is 14.7. The van der Waals surface area contributed by atoms with E-state index in [4.69, 9.17) is 9.47 Å². The molecule has 2 amide bonds. The van der Waals surface area contributed by atoms with E-state index in [1.165, 1.54) is 55.5 Å². The highest BCUT2D eigenvalue weighted by atomic mass is 32.2. The first-order chi connectivity index (χ1) is 20.0. The molecule has 0 radical (unpaired) electrons. The minimum atomic E-state index is -4.29. The molecular formula is C31H38FN3O6S. The van der Waals surface area contributed by atoms with Crippen LogP contribution in [-0.2, 0) is 26.2 Å². The van der Waals surface area contributed by atoms with E-state index in [1.807, 2.05) is 13.8 Å². The van der Waals surface area contributed by atoms with Crippen molar-refractivity contribution in [3.05, 3.63) is 84.2 Å². The normalized spacial score (nSPS) is 12.6. The minimum absolute atomic E-state index is 0.0301. The van der Waals surface area contributed by atoms with E-state index < -0.39 is 34.3 Å². The van der Waals surface area contributed by atoms with Gasteiger partial charge in [-0.2, -0.15) is 0 Å². The van der Waals surface area contributed by atoms with Crippen LogP contribution in [0.4, 0.5) is 10.1 Å². The maximum Gasteiger partial charge on any atom is 0.264 e. The Morgan fingerprint density at radius 1 is 0.905 bits per heavy atom. The smallest absolute Gasteiger partial charge is 0.264 e. The van der Waals surface area contributed by atoms with E-state index in [2.05, 4.69) is 5.32 Å². The van der Waals surface area contributed by atoms with Gasteiger partial charge in [-0.05, 0) is 86.0 Å². The average Bonchev–Trinajstić information content (AvgIpc) is 3.00. The third-order valence-electron chi connectivity index (χ3n) is 6.91. The molecule has 3 aromatic carbocycles. The van der Waals surface area contributed by atoms with E-state index in [0.717, 1.165) is 16.4 Å². The zero-order valence-electron chi connectivity index (χ0n) is 24.5. The molecule has 0 bridgehead atoms. The number of hydrogen-bond donors (Lipinski definition) is 1. The summed E-state index contributed by atoms with van der Waals surface area (Å²) in [5.41, 5.74) is 0.794. The Morgan fingerprint density at radius 2 is 1.55 bits per heavy atom. The highest BCUT2D eigenvalue weighted by molar-refractivity contribution is 7.92. The van der Waals surface area contributed by atoms with E-state index in [-0.39, 0.29) is 29.1 Å². The van der Waals surface area contributed by atoms with Gasteiger partial charge in [0.05, 0.1) is 24.8 Å². The van der Waals surface area contributed by atoms with Crippen LogP contribution < -0.4 is 19.1 Å². The number of nitrogens with one attached hydrogen (secondary N) is 1. The van der Waals surface area contributed by atoms with Crippen molar-refractivity contribution in [2.75, 3.05) is 25.1 Å². The van der Waals surface area contributed by atoms with Crippen LogP contribution in [0.1, 0.15) is 39.2 Å². The van der Waals surface area contributed by atoms with Crippen molar-refractivity contribution in [1.82, 2.24) is 10.2 Å². The first kappa shape index (κ1) is 32.4. The maximum absolute atomic E-state index is 14.1. The van der Waals surface area contributed by atoms with Crippen LogP contribution in [0.25, 0.3) is 0 Å². The highest BCUT2D eigenvalue weighted by Gasteiger charge is 2.34. The van der Waals surface area contributed by atoms with Crippen molar-refractivity contribution in [3.63, 3.8) is 0 Å². The lowest BCUT2D eigenvalue weighted by Crippen LogP contribution is -2.53. The first-order valence-electron chi connectivity index (χ1n) is 13.7. The summed E-state index contributed by atoms with van der Waals surface area (Å²) >= 11 is 0. The Hall–Kier alpha value is -4.12. The summed E-state index contributed by atoms with van der Waals surface area (Å²) in [4.78, 5) is 28.8. The van der Waals surface area contributed by atoms with Crippen molar-refractivity contribution in [3.8, 4) is 11.5 Å². The molecule has 3 rings (SSSR count). The van der Waals surface area contributed by atoms with Crippen molar-refractivity contribution >= 4 is 27.5 Å². The lowest BCUT2D eigenvalue weighted by Gasteiger charge is -2.33. The molecule has 3 aromatic rings. The summed E-state index contributed by atoms with van der Waals surface area (Å²) in [5, 5.41) is 2.94. The quantitative estimate of drug-likeness (QED) is 0.287. The zero-order chi connectivity index (χ0) is 30.9. The monoisotopic (exact) mass is 599 g/mol. The molecule has 2 atom stereocenters. The number of carbonyl (C=O) groups excluding carboxylic acids is 2. The molecule has 0 aliphatic carbocycles. The summed E-state index contributed by atoms with van der Waals surface area (Å²) in [7, 11) is -1.30. The van der Waals surface area contributed by atoms with Crippen LogP contribution in [0, 0.1) is 5.82 Å². The Kier molecular flexibility index (Phi) is 11.3. The molecule has 0 fully saturated rings. The molecule has 0 saturated heterocycles. The van der Waals surface area contributed by atoms with E-state index in [0.29, 0.717) is 29.9 Å². The van der Waals surface area contributed by atoms with Crippen LogP contribution in [0.2, 0.25) is 0 Å². The number of anilines is 1. The van der Waals surface area contributed by atoms with Crippen LogP contribution >= 0.6 is 0 Å². The van der Waals surface area contributed by atoms with Crippen molar-refractivity contribution < 1.29 is 31.9 Å². The number of benzene rings is 3. The third kappa shape index (κ3) is 8.00. The van der Waals surface area contributed by atoms with Gasteiger partial charge < -0.3 is 19.7 Å².